The number of sulfonamides is 1. The molecule has 1 aromatic rings. The molecule has 148 valence electrons. The maximum atomic E-state index is 12.0. The zero-order valence-electron chi connectivity index (χ0n) is 15.9. The van der Waals surface area contributed by atoms with Crippen molar-refractivity contribution in [1.82, 2.24) is 14.9 Å². The Morgan fingerprint density at radius 3 is 2.27 bits per heavy atom. The average Bonchev–Trinajstić information content (AvgIpc) is 3.05. The van der Waals surface area contributed by atoms with Crippen molar-refractivity contribution in [1.29, 1.82) is 0 Å². The highest BCUT2D eigenvalue weighted by Gasteiger charge is 2.15. The van der Waals surface area contributed by atoms with Gasteiger partial charge in [0.25, 0.3) is 0 Å². The third-order valence-corrected chi connectivity index (χ3v) is 5.49. The summed E-state index contributed by atoms with van der Waals surface area (Å²) >= 11 is 0. The van der Waals surface area contributed by atoms with Gasteiger partial charge in [-0.2, -0.15) is 0 Å². The number of benzene rings is 1. The highest BCUT2D eigenvalue weighted by Crippen LogP contribution is 2.11. The van der Waals surface area contributed by atoms with Crippen molar-refractivity contribution < 1.29 is 8.42 Å². The molecular formula is C18H31IN4O2S. The van der Waals surface area contributed by atoms with Crippen molar-refractivity contribution in [3.05, 3.63) is 35.4 Å². The van der Waals surface area contributed by atoms with Crippen LogP contribution in [0.1, 0.15) is 44.7 Å². The lowest BCUT2D eigenvalue weighted by Gasteiger charge is -2.20. The maximum Gasteiger partial charge on any atom is 0.216 e. The molecule has 0 spiro atoms. The van der Waals surface area contributed by atoms with E-state index in [9.17, 15) is 8.42 Å². The Morgan fingerprint density at radius 1 is 1.15 bits per heavy atom. The summed E-state index contributed by atoms with van der Waals surface area (Å²) in [5.41, 5.74) is 1.86. The first-order chi connectivity index (χ1) is 11.9. The molecular weight excluding hydrogens is 463 g/mol. The highest BCUT2D eigenvalue weighted by atomic mass is 127. The molecule has 0 amide bonds. The summed E-state index contributed by atoms with van der Waals surface area (Å²) < 4.78 is 26.6. The minimum absolute atomic E-state index is 0. The zero-order valence-corrected chi connectivity index (χ0v) is 19.0. The molecule has 0 aromatic heterocycles. The Kier molecular flexibility index (Phi) is 9.88. The predicted octanol–water partition coefficient (Wildman–Crippen LogP) is 2.69. The second kappa shape index (κ2) is 11.1. The van der Waals surface area contributed by atoms with Crippen LogP contribution in [0.2, 0.25) is 0 Å². The third-order valence-electron chi connectivity index (χ3n) is 3.95. The normalized spacial score (nSPS) is 15.2. The van der Waals surface area contributed by atoms with E-state index in [0.29, 0.717) is 6.54 Å². The minimum atomic E-state index is -3.29. The van der Waals surface area contributed by atoms with Crippen LogP contribution >= 0.6 is 24.0 Å². The summed E-state index contributed by atoms with van der Waals surface area (Å²) in [6, 6.07) is 7.56. The number of rotatable bonds is 7. The summed E-state index contributed by atoms with van der Waals surface area (Å²) in [6.45, 7) is 9.29. The number of nitrogens with zero attached hydrogens (tertiary/aromatic N) is 2. The molecule has 0 atom stereocenters. The molecule has 0 saturated carbocycles. The van der Waals surface area contributed by atoms with E-state index >= 15 is 0 Å². The standard InChI is InChI=1S/C18H30N4O2S.HI/c1-4-19-18(22-11-5-6-12-22)20-13-16-7-9-17(10-8-16)14-25(23,24)21-15(2)3;/h7-10,15,21H,4-6,11-14H2,1-3H3,(H,19,20);1H. The first-order valence-corrected chi connectivity index (χ1v) is 10.7. The molecule has 0 radical (unpaired) electrons. The van der Waals surface area contributed by atoms with E-state index in [1.165, 1.54) is 12.8 Å². The van der Waals surface area contributed by atoms with Gasteiger partial charge in [-0.3, -0.25) is 0 Å². The van der Waals surface area contributed by atoms with Crippen LogP contribution < -0.4 is 10.0 Å². The van der Waals surface area contributed by atoms with E-state index in [4.69, 9.17) is 4.99 Å². The molecule has 2 rings (SSSR count). The summed E-state index contributed by atoms with van der Waals surface area (Å²) in [7, 11) is -3.29. The number of aliphatic imine (C=N–C) groups is 1. The van der Waals surface area contributed by atoms with Crippen LogP contribution in [-0.2, 0) is 22.3 Å². The molecule has 2 N–H and O–H groups in total. The van der Waals surface area contributed by atoms with Crippen molar-refractivity contribution in [2.75, 3.05) is 19.6 Å². The van der Waals surface area contributed by atoms with Gasteiger partial charge in [-0.15, -0.1) is 24.0 Å². The van der Waals surface area contributed by atoms with Crippen LogP contribution in [0.15, 0.2) is 29.3 Å². The van der Waals surface area contributed by atoms with E-state index in [1.54, 1.807) is 0 Å². The molecule has 8 heteroatoms. The topological polar surface area (TPSA) is 73.8 Å². The summed E-state index contributed by atoms with van der Waals surface area (Å²) in [5, 5.41) is 3.34. The van der Waals surface area contributed by atoms with Crippen LogP contribution in [0, 0.1) is 0 Å². The van der Waals surface area contributed by atoms with Gasteiger partial charge < -0.3 is 10.2 Å². The number of hydrogen-bond acceptors (Lipinski definition) is 3. The van der Waals surface area contributed by atoms with Crippen molar-refractivity contribution in [2.24, 2.45) is 4.99 Å². The molecule has 1 fully saturated rings. The molecule has 6 nitrogen and oxygen atoms in total. The molecule has 1 aromatic carbocycles. The van der Waals surface area contributed by atoms with Gasteiger partial charge >= 0.3 is 0 Å². The molecule has 26 heavy (non-hydrogen) atoms. The Morgan fingerprint density at radius 2 is 1.73 bits per heavy atom. The number of guanidine groups is 1. The average molecular weight is 494 g/mol. The zero-order chi connectivity index (χ0) is 18.3. The van der Waals surface area contributed by atoms with Gasteiger partial charge in [-0.1, -0.05) is 24.3 Å². The van der Waals surface area contributed by atoms with E-state index in [-0.39, 0.29) is 35.8 Å². The monoisotopic (exact) mass is 494 g/mol. The van der Waals surface area contributed by atoms with Gasteiger partial charge in [0.2, 0.25) is 10.0 Å². The van der Waals surface area contributed by atoms with Crippen LogP contribution in [0.3, 0.4) is 0 Å². The minimum Gasteiger partial charge on any atom is -0.357 e. The molecule has 0 aliphatic carbocycles. The smallest absolute Gasteiger partial charge is 0.216 e. The molecule has 1 aliphatic rings. The fraction of sp³-hybridized carbons (Fsp3) is 0.611. The molecule has 1 aliphatic heterocycles. The Bertz CT molecular complexity index is 669. The van der Waals surface area contributed by atoms with Crippen molar-refractivity contribution >= 4 is 40.0 Å². The Labute approximate surface area is 174 Å². The van der Waals surface area contributed by atoms with E-state index in [1.807, 2.05) is 38.1 Å². The molecule has 0 unspecified atom stereocenters. The molecule has 1 saturated heterocycles. The lowest BCUT2D eigenvalue weighted by molar-refractivity contribution is 0.493. The van der Waals surface area contributed by atoms with Crippen molar-refractivity contribution in [2.45, 2.75) is 52.0 Å². The highest BCUT2D eigenvalue weighted by molar-refractivity contribution is 14.0. The van der Waals surface area contributed by atoms with E-state index < -0.39 is 10.0 Å². The van der Waals surface area contributed by atoms with E-state index in [2.05, 4.69) is 21.9 Å². The fourth-order valence-electron chi connectivity index (χ4n) is 2.88. The number of halogens is 1. The Hall–Kier alpha value is -0.870. The van der Waals surface area contributed by atoms with Gasteiger partial charge in [-0.05, 0) is 44.7 Å². The second-order valence-electron chi connectivity index (χ2n) is 6.71. The summed E-state index contributed by atoms with van der Waals surface area (Å²) in [4.78, 5) is 7.00. The summed E-state index contributed by atoms with van der Waals surface area (Å²) in [6.07, 6.45) is 2.44. The molecule has 0 bridgehead atoms. The second-order valence-corrected chi connectivity index (χ2v) is 8.47. The number of hydrogen-bond donors (Lipinski definition) is 2. The van der Waals surface area contributed by atoms with Gasteiger partial charge in [-0.25, -0.2) is 18.1 Å². The molecule has 1 heterocycles. The van der Waals surface area contributed by atoms with Crippen LogP contribution in [-0.4, -0.2) is 45.0 Å². The van der Waals surface area contributed by atoms with Crippen LogP contribution in [0.5, 0.6) is 0 Å². The van der Waals surface area contributed by atoms with Gasteiger partial charge in [0.1, 0.15) is 0 Å². The predicted molar refractivity (Wildman–Crippen MR) is 118 cm³/mol. The largest absolute Gasteiger partial charge is 0.357 e. The first-order valence-electron chi connectivity index (χ1n) is 9.00. The first kappa shape index (κ1) is 23.2. The van der Waals surface area contributed by atoms with Gasteiger partial charge in [0.15, 0.2) is 5.96 Å². The van der Waals surface area contributed by atoms with Gasteiger partial charge in [0.05, 0.1) is 12.3 Å². The van der Waals surface area contributed by atoms with Crippen molar-refractivity contribution in [3.63, 3.8) is 0 Å². The number of nitrogens with one attached hydrogen (secondary N) is 2. The van der Waals surface area contributed by atoms with E-state index in [0.717, 1.165) is 36.7 Å². The Balaban J connectivity index is 0.00000338. The van der Waals surface area contributed by atoms with Gasteiger partial charge in [0, 0.05) is 25.7 Å². The van der Waals surface area contributed by atoms with Crippen LogP contribution in [0.25, 0.3) is 0 Å². The van der Waals surface area contributed by atoms with Crippen LogP contribution in [0.4, 0.5) is 0 Å². The maximum absolute atomic E-state index is 12.0. The lowest BCUT2D eigenvalue weighted by atomic mass is 10.1. The lowest BCUT2D eigenvalue weighted by Crippen LogP contribution is -2.39. The number of likely N-dealkylation sites (tertiary alicyclic amines) is 1. The quantitative estimate of drug-likeness (QED) is 0.348. The van der Waals surface area contributed by atoms with Crippen molar-refractivity contribution in [3.8, 4) is 0 Å². The SMILES string of the molecule is CCNC(=NCc1ccc(CS(=O)(=O)NC(C)C)cc1)N1CCCC1.I. The fourth-order valence-corrected chi connectivity index (χ4v) is 4.31. The summed E-state index contributed by atoms with van der Waals surface area (Å²) in [5.74, 6) is 0.971. The third kappa shape index (κ3) is 7.79.